The summed E-state index contributed by atoms with van der Waals surface area (Å²) in [6.07, 6.45) is 0. The van der Waals surface area contributed by atoms with Crippen molar-refractivity contribution in [1.29, 1.82) is 0 Å². The lowest BCUT2D eigenvalue weighted by Gasteiger charge is -2.24. The van der Waals surface area contributed by atoms with Gasteiger partial charge in [0.1, 0.15) is 0 Å². The third-order valence-corrected chi connectivity index (χ3v) is 4.12. The molecule has 24 heavy (non-hydrogen) atoms. The number of nitrogens with one attached hydrogen (secondary N) is 1. The van der Waals surface area contributed by atoms with Gasteiger partial charge in [-0.2, -0.15) is 0 Å². The van der Waals surface area contributed by atoms with E-state index in [0.717, 1.165) is 5.56 Å². The Morgan fingerprint density at radius 1 is 0.833 bits per heavy atom. The smallest absolute Gasteiger partial charge is 0.203 e. The van der Waals surface area contributed by atoms with E-state index in [1.807, 2.05) is 18.2 Å². The normalized spacial score (nSPS) is 12.1. The summed E-state index contributed by atoms with van der Waals surface area (Å²) in [5.41, 5.74) is 2.32. The third kappa shape index (κ3) is 4.01. The van der Waals surface area contributed by atoms with Crippen molar-refractivity contribution in [1.82, 2.24) is 5.32 Å². The Balaban J connectivity index is 2.24. The van der Waals surface area contributed by atoms with Gasteiger partial charge < -0.3 is 19.5 Å². The van der Waals surface area contributed by atoms with Crippen LogP contribution in [0.2, 0.25) is 0 Å². The zero-order chi connectivity index (χ0) is 17.5. The molecule has 0 heterocycles. The number of benzene rings is 2. The fraction of sp³-hybridized carbons (Fsp3) is 0.400. The minimum absolute atomic E-state index is 0.268. The molecule has 1 atom stereocenters. The summed E-state index contributed by atoms with van der Waals surface area (Å²) in [4.78, 5) is 0. The van der Waals surface area contributed by atoms with Gasteiger partial charge in [0.15, 0.2) is 11.5 Å². The van der Waals surface area contributed by atoms with Crippen molar-refractivity contribution in [2.75, 3.05) is 21.3 Å². The summed E-state index contributed by atoms with van der Waals surface area (Å²) in [5.74, 6) is 2.47. The first-order chi connectivity index (χ1) is 11.6. The Bertz CT molecular complexity index is 641. The van der Waals surface area contributed by atoms with E-state index < -0.39 is 0 Å². The molecular weight excluding hydrogens is 302 g/mol. The molecule has 2 rings (SSSR count). The molecule has 0 radical (unpaired) electrons. The molecule has 1 N–H and O–H groups in total. The van der Waals surface area contributed by atoms with E-state index in [9.17, 15) is 0 Å². The summed E-state index contributed by atoms with van der Waals surface area (Å²) in [6, 6.07) is 14.7. The van der Waals surface area contributed by atoms with Crippen molar-refractivity contribution in [3.63, 3.8) is 0 Å². The first-order valence-electron chi connectivity index (χ1n) is 8.18. The first kappa shape index (κ1) is 18.1. The van der Waals surface area contributed by atoms with Crippen LogP contribution in [0, 0.1) is 5.92 Å². The van der Waals surface area contributed by atoms with Gasteiger partial charge in [0.2, 0.25) is 5.75 Å². The maximum atomic E-state index is 5.56. The molecule has 4 nitrogen and oxygen atoms in total. The lowest BCUT2D eigenvalue weighted by atomic mass is 9.96. The fourth-order valence-corrected chi connectivity index (χ4v) is 2.92. The fourth-order valence-electron chi connectivity index (χ4n) is 2.92. The maximum absolute atomic E-state index is 5.56. The minimum Gasteiger partial charge on any atom is -0.493 e. The van der Waals surface area contributed by atoms with Crippen LogP contribution in [0.1, 0.15) is 31.0 Å². The van der Waals surface area contributed by atoms with Crippen LogP contribution in [0.25, 0.3) is 0 Å². The molecule has 0 bridgehead atoms. The molecule has 0 aliphatic carbocycles. The summed E-state index contributed by atoms with van der Waals surface area (Å²) < 4.78 is 16.4. The Kier molecular flexibility index (Phi) is 6.50. The van der Waals surface area contributed by atoms with Crippen LogP contribution in [0.4, 0.5) is 0 Å². The third-order valence-electron chi connectivity index (χ3n) is 4.12. The Labute approximate surface area is 144 Å². The Hall–Kier alpha value is -2.20. The molecule has 4 heteroatoms. The van der Waals surface area contributed by atoms with Crippen LogP contribution >= 0.6 is 0 Å². The monoisotopic (exact) mass is 329 g/mol. The molecule has 2 aromatic carbocycles. The standard InChI is InChI=1S/C20H27NO3/c1-14(2)18(15-9-7-6-8-10-15)21-13-16-11-12-17(22-3)20(24-5)19(16)23-4/h6-12,14,18,21H,13H2,1-5H3/t18-/m1/s1. The average Bonchev–Trinajstić information content (AvgIpc) is 2.61. The van der Waals surface area contributed by atoms with Crippen LogP contribution in [0.5, 0.6) is 17.2 Å². The van der Waals surface area contributed by atoms with Crippen LogP contribution in [-0.4, -0.2) is 21.3 Å². The van der Waals surface area contributed by atoms with Gasteiger partial charge in [0, 0.05) is 18.2 Å². The average molecular weight is 329 g/mol. The Morgan fingerprint density at radius 2 is 1.50 bits per heavy atom. The van der Waals surface area contributed by atoms with Gasteiger partial charge in [-0.05, 0) is 17.5 Å². The van der Waals surface area contributed by atoms with E-state index in [1.165, 1.54) is 5.56 Å². The second kappa shape index (κ2) is 8.60. The predicted molar refractivity (Wildman–Crippen MR) is 97.0 cm³/mol. The highest BCUT2D eigenvalue weighted by Gasteiger charge is 2.19. The molecule has 0 unspecified atom stereocenters. The predicted octanol–water partition coefficient (Wildman–Crippen LogP) is 4.20. The van der Waals surface area contributed by atoms with Crippen molar-refractivity contribution >= 4 is 0 Å². The van der Waals surface area contributed by atoms with Gasteiger partial charge in [-0.15, -0.1) is 0 Å². The Morgan fingerprint density at radius 3 is 2.04 bits per heavy atom. The van der Waals surface area contributed by atoms with Crippen LogP contribution < -0.4 is 19.5 Å². The van der Waals surface area contributed by atoms with Crippen LogP contribution in [-0.2, 0) is 6.54 Å². The number of hydrogen-bond acceptors (Lipinski definition) is 4. The highest BCUT2D eigenvalue weighted by atomic mass is 16.5. The van der Waals surface area contributed by atoms with Crippen molar-refractivity contribution in [2.24, 2.45) is 5.92 Å². The van der Waals surface area contributed by atoms with E-state index in [4.69, 9.17) is 14.2 Å². The molecule has 2 aromatic rings. The van der Waals surface area contributed by atoms with Gasteiger partial charge in [-0.1, -0.05) is 50.2 Å². The summed E-state index contributed by atoms with van der Waals surface area (Å²) in [7, 11) is 4.90. The van der Waals surface area contributed by atoms with Gasteiger partial charge in [0.05, 0.1) is 21.3 Å². The molecule has 0 aliphatic heterocycles. The second-order valence-corrected chi connectivity index (χ2v) is 6.01. The SMILES string of the molecule is COc1ccc(CN[C@@H](c2ccccc2)C(C)C)c(OC)c1OC. The molecule has 0 aromatic heterocycles. The van der Waals surface area contributed by atoms with Crippen molar-refractivity contribution < 1.29 is 14.2 Å². The lowest BCUT2D eigenvalue weighted by molar-refractivity contribution is 0.320. The molecular formula is C20H27NO3. The van der Waals surface area contributed by atoms with E-state index >= 15 is 0 Å². The first-order valence-corrected chi connectivity index (χ1v) is 8.18. The molecule has 0 amide bonds. The molecule has 130 valence electrons. The summed E-state index contributed by atoms with van der Waals surface area (Å²) in [6.45, 7) is 5.12. The lowest BCUT2D eigenvalue weighted by Crippen LogP contribution is -2.25. The number of ether oxygens (including phenoxy) is 3. The van der Waals surface area contributed by atoms with Crippen LogP contribution in [0.15, 0.2) is 42.5 Å². The van der Waals surface area contributed by atoms with Gasteiger partial charge in [-0.25, -0.2) is 0 Å². The molecule has 0 fully saturated rings. The van der Waals surface area contributed by atoms with Gasteiger partial charge in [-0.3, -0.25) is 0 Å². The van der Waals surface area contributed by atoms with Crippen molar-refractivity contribution in [3.8, 4) is 17.2 Å². The molecule has 0 saturated carbocycles. The number of rotatable bonds is 8. The van der Waals surface area contributed by atoms with Gasteiger partial charge >= 0.3 is 0 Å². The van der Waals surface area contributed by atoms with Crippen molar-refractivity contribution in [2.45, 2.75) is 26.4 Å². The molecule has 0 spiro atoms. The quantitative estimate of drug-likeness (QED) is 0.788. The highest BCUT2D eigenvalue weighted by molar-refractivity contribution is 5.55. The zero-order valence-corrected chi connectivity index (χ0v) is 15.1. The zero-order valence-electron chi connectivity index (χ0n) is 15.1. The largest absolute Gasteiger partial charge is 0.493 e. The van der Waals surface area contributed by atoms with Crippen LogP contribution in [0.3, 0.4) is 0 Å². The van der Waals surface area contributed by atoms with E-state index in [0.29, 0.717) is 29.7 Å². The number of hydrogen-bond donors (Lipinski definition) is 1. The minimum atomic E-state index is 0.268. The highest BCUT2D eigenvalue weighted by Crippen LogP contribution is 2.40. The van der Waals surface area contributed by atoms with E-state index in [1.54, 1.807) is 21.3 Å². The molecule has 0 saturated heterocycles. The number of methoxy groups -OCH3 is 3. The summed E-state index contributed by atoms with van der Waals surface area (Å²) in [5, 5.41) is 3.64. The van der Waals surface area contributed by atoms with Gasteiger partial charge in [0.25, 0.3) is 0 Å². The maximum Gasteiger partial charge on any atom is 0.203 e. The topological polar surface area (TPSA) is 39.7 Å². The molecule has 0 aliphatic rings. The van der Waals surface area contributed by atoms with Crippen molar-refractivity contribution in [3.05, 3.63) is 53.6 Å². The van der Waals surface area contributed by atoms with E-state index in [-0.39, 0.29) is 6.04 Å². The summed E-state index contributed by atoms with van der Waals surface area (Å²) >= 11 is 0. The van der Waals surface area contributed by atoms with E-state index in [2.05, 4.69) is 43.4 Å². The second-order valence-electron chi connectivity index (χ2n) is 6.01.